The summed E-state index contributed by atoms with van der Waals surface area (Å²) < 4.78 is 0. The Hall–Kier alpha value is 0.170. The molecule has 0 saturated carbocycles. The van der Waals surface area contributed by atoms with Gasteiger partial charge >= 0.3 is 0 Å². The van der Waals surface area contributed by atoms with Crippen LogP contribution in [-0.4, -0.2) is 24.0 Å². The van der Waals surface area contributed by atoms with E-state index in [0.29, 0.717) is 6.00 Å². The van der Waals surface area contributed by atoms with Crippen molar-refractivity contribution in [1.82, 2.24) is 10.4 Å². The average molecular weight is 137 g/mol. The predicted molar refractivity (Wildman–Crippen MR) is 31.1 cm³/mol. The number of halogens is 1. The minimum atomic E-state index is 0.119. The molecule has 0 bridgehead atoms. The number of hydrogen-bond donors (Lipinski definition) is 1. The van der Waals surface area contributed by atoms with Crippen LogP contribution in [0.5, 0.6) is 0 Å². The van der Waals surface area contributed by atoms with E-state index in [0.717, 1.165) is 6.67 Å². The number of nitrogens with one attached hydrogen (secondary N) is 1. The van der Waals surface area contributed by atoms with Gasteiger partial charge in [0.25, 0.3) is 0 Å². The van der Waals surface area contributed by atoms with Gasteiger partial charge in [-0.3, -0.25) is 10.2 Å². The highest BCUT2D eigenvalue weighted by atomic mass is 35.5. The first-order valence-electron chi connectivity index (χ1n) is 2.54. The number of alkyl halides is 1. The van der Waals surface area contributed by atoms with Gasteiger partial charge in [0.2, 0.25) is 0 Å². The van der Waals surface area contributed by atoms with Gasteiger partial charge in [-0.05, 0) is 6.92 Å². The average Bonchev–Trinajstić information content (AvgIpc) is 2.14. The summed E-state index contributed by atoms with van der Waals surface area (Å²) in [6.45, 7) is 2.66. The Kier molecular flexibility index (Phi) is 2.08. The van der Waals surface area contributed by atoms with Crippen LogP contribution >= 0.6 is 11.6 Å². The second-order valence-corrected chi connectivity index (χ2v) is 1.95. The summed E-state index contributed by atoms with van der Waals surface area (Å²) in [5.41, 5.74) is 0. The van der Waals surface area contributed by atoms with Gasteiger partial charge < -0.3 is 0 Å². The lowest BCUT2D eigenvalue weighted by Crippen LogP contribution is -2.19. The maximum atomic E-state index is 5.43. The molecule has 0 aromatic heterocycles. The normalized spacial score (nSPS) is 31.5. The molecule has 1 atom stereocenters. The van der Waals surface area contributed by atoms with Crippen molar-refractivity contribution in [1.29, 1.82) is 0 Å². The van der Waals surface area contributed by atoms with Crippen LogP contribution in [0.2, 0.25) is 0 Å². The van der Waals surface area contributed by atoms with Crippen molar-refractivity contribution in [3.8, 4) is 0 Å². The van der Waals surface area contributed by atoms with Crippen LogP contribution < -0.4 is 5.32 Å². The Bertz CT molecular complexity index is 80.4. The van der Waals surface area contributed by atoms with Crippen molar-refractivity contribution in [3.63, 3.8) is 0 Å². The predicted octanol–water partition coefficient (Wildman–Crippen LogP) is 0.323. The molecule has 1 N–H and O–H groups in total. The van der Waals surface area contributed by atoms with Crippen molar-refractivity contribution in [3.05, 3.63) is 0 Å². The Morgan fingerprint density at radius 3 is 3.00 bits per heavy atom. The van der Waals surface area contributed by atoms with Gasteiger partial charge in [0.05, 0.1) is 12.7 Å². The summed E-state index contributed by atoms with van der Waals surface area (Å²) in [4.78, 5) is 5.10. The maximum absolute atomic E-state index is 5.43. The van der Waals surface area contributed by atoms with Gasteiger partial charge in [0.1, 0.15) is 6.23 Å². The SMILES string of the molecule is CC1NCN(CCl)O1. The molecule has 0 spiro atoms. The summed E-state index contributed by atoms with van der Waals surface area (Å²) in [5, 5.41) is 4.70. The summed E-state index contributed by atoms with van der Waals surface area (Å²) >= 11 is 5.43. The highest BCUT2D eigenvalue weighted by Crippen LogP contribution is 2.01. The third-order valence-electron chi connectivity index (χ3n) is 0.996. The van der Waals surface area contributed by atoms with E-state index < -0.39 is 0 Å². The van der Waals surface area contributed by atoms with Gasteiger partial charge in [-0.25, -0.2) is 0 Å². The molecule has 0 aromatic carbocycles. The third-order valence-corrected chi connectivity index (χ3v) is 1.26. The summed E-state index contributed by atoms with van der Waals surface area (Å²) in [6.07, 6.45) is 0.119. The molecule has 1 aliphatic heterocycles. The molecular formula is C4H9ClN2O. The van der Waals surface area contributed by atoms with E-state index in [2.05, 4.69) is 5.32 Å². The summed E-state index contributed by atoms with van der Waals surface area (Å²) in [5.74, 6) is 0. The summed E-state index contributed by atoms with van der Waals surface area (Å²) in [7, 11) is 0. The zero-order valence-electron chi connectivity index (χ0n) is 4.72. The zero-order valence-corrected chi connectivity index (χ0v) is 5.48. The molecule has 0 aromatic rings. The quantitative estimate of drug-likeness (QED) is 0.415. The second-order valence-electron chi connectivity index (χ2n) is 1.71. The van der Waals surface area contributed by atoms with Gasteiger partial charge in [-0.1, -0.05) is 0 Å². The van der Waals surface area contributed by atoms with E-state index in [9.17, 15) is 0 Å². The fraction of sp³-hybridized carbons (Fsp3) is 1.00. The first-order chi connectivity index (χ1) is 3.83. The van der Waals surface area contributed by atoms with Gasteiger partial charge in [-0.15, -0.1) is 11.6 Å². The number of nitrogens with zero attached hydrogens (tertiary/aromatic N) is 1. The molecule has 3 nitrogen and oxygen atoms in total. The highest BCUT2D eigenvalue weighted by molar-refractivity contribution is 6.17. The third kappa shape index (κ3) is 1.32. The monoisotopic (exact) mass is 136 g/mol. The van der Waals surface area contributed by atoms with E-state index in [4.69, 9.17) is 16.4 Å². The number of hydrogen-bond acceptors (Lipinski definition) is 3. The van der Waals surface area contributed by atoms with E-state index in [1.165, 1.54) is 0 Å². The molecule has 1 heterocycles. The summed E-state index contributed by atoms with van der Waals surface area (Å²) in [6, 6.07) is 0.428. The molecule has 1 unspecified atom stereocenters. The molecular weight excluding hydrogens is 128 g/mol. The lowest BCUT2D eigenvalue weighted by Gasteiger charge is -2.06. The lowest BCUT2D eigenvalue weighted by atomic mass is 10.7. The first-order valence-corrected chi connectivity index (χ1v) is 3.07. The molecule has 4 heteroatoms. The molecule has 1 fully saturated rings. The number of rotatable bonds is 1. The topological polar surface area (TPSA) is 24.5 Å². The lowest BCUT2D eigenvalue weighted by molar-refractivity contribution is -0.127. The van der Waals surface area contributed by atoms with Crippen molar-refractivity contribution < 1.29 is 4.84 Å². The minimum absolute atomic E-state index is 0.119. The van der Waals surface area contributed by atoms with Gasteiger partial charge in [0, 0.05) is 0 Å². The van der Waals surface area contributed by atoms with Crippen LogP contribution in [0.4, 0.5) is 0 Å². The maximum Gasteiger partial charge on any atom is 0.128 e. The Morgan fingerprint density at radius 2 is 2.75 bits per heavy atom. The van der Waals surface area contributed by atoms with Crippen molar-refractivity contribution in [2.45, 2.75) is 13.2 Å². The largest absolute Gasteiger partial charge is 0.278 e. The van der Waals surface area contributed by atoms with Crippen LogP contribution in [-0.2, 0) is 4.84 Å². The van der Waals surface area contributed by atoms with Crippen LogP contribution in [0.15, 0.2) is 0 Å². The standard InChI is InChI=1S/C4H9ClN2O/c1-4-6-3-7(2-5)8-4/h4,6H,2-3H2,1H3. The zero-order chi connectivity index (χ0) is 5.98. The Morgan fingerprint density at radius 1 is 2.00 bits per heavy atom. The Balaban J connectivity index is 2.22. The molecule has 8 heavy (non-hydrogen) atoms. The van der Waals surface area contributed by atoms with Crippen molar-refractivity contribution in [2.24, 2.45) is 0 Å². The fourth-order valence-corrected chi connectivity index (χ4v) is 0.740. The van der Waals surface area contributed by atoms with E-state index in [-0.39, 0.29) is 6.23 Å². The minimum Gasteiger partial charge on any atom is -0.278 e. The fourth-order valence-electron chi connectivity index (χ4n) is 0.599. The molecule has 1 saturated heterocycles. The molecule has 1 aliphatic rings. The van der Waals surface area contributed by atoms with E-state index in [1.54, 1.807) is 5.06 Å². The molecule has 0 amide bonds. The van der Waals surface area contributed by atoms with Crippen molar-refractivity contribution in [2.75, 3.05) is 12.7 Å². The van der Waals surface area contributed by atoms with Crippen LogP contribution in [0, 0.1) is 0 Å². The molecule has 0 aliphatic carbocycles. The van der Waals surface area contributed by atoms with Crippen LogP contribution in [0.25, 0.3) is 0 Å². The van der Waals surface area contributed by atoms with Crippen LogP contribution in [0.3, 0.4) is 0 Å². The first kappa shape index (κ1) is 6.29. The van der Waals surface area contributed by atoms with Gasteiger partial charge in [-0.2, -0.15) is 5.06 Å². The molecule has 1 rings (SSSR count). The number of hydroxylamine groups is 2. The molecule has 0 radical (unpaired) electrons. The smallest absolute Gasteiger partial charge is 0.128 e. The second kappa shape index (κ2) is 2.64. The van der Waals surface area contributed by atoms with Gasteiger partial charge in [0.15, 0.2) is 0 Å². The van der Waals surface area contributed by atoms with E-state index >= 15 is 0 Å². The van der Waals surface area contributed by atoms with Crippen molar-refractivity contribution >= 4 is 11.6 Å². The molecule has 48 valence electrons. The van der Waals surface area contributed by atoms with Crippen LogP contribution in [0.1, 0.15) is 6.92 Å². The Labute approximate surface area is 53.5 Å². The van der Waals surface area contributed by atoms with E-state index in [1.807, 2.05) is 6.92 Å². The highest BCUT2D eigenvalue weighted by Gasteiger charge is 2.16.